The van der Waals surface area contributed by atoms with Crippen molar-refractivity contribution in [3.8, 4) is 11.1 Å². The molecule has 0 aliphatic carbocycles. The van der Waals surface area contributed by atoms with E-state index in [-0.39, 0.29) is 50.8 Å². The quantitative estimate of drug-likeness (QED) is 0.0509. The second kappa shape index (κ2) is 24.6. The minimum atomic E-state index is -0.556. The molecule has 1 aliphatic heterocycles. The lowest BCUT2D eigenvalue weighted by atomic mass is 9.94. The van der Waals surface area contributed by atoms with Crippen LogP contribution in [0.5, 0.6) is 0 Å². The largest absolute Gasteiger partial charge is 0.463 e. The summed E-state index contributed by atoms with van der Waals surface area (Å²) < 4.78 is 35.7. The van der Waals surface area contributed by atoms with Gasteiger partial charge in [0.1, 0.15) is 13.2 Å². The Morgan fingerprint density at radius 2 is 1.21 bits per heavy atom. The van der Waals surface area contributed by atoms with Crippen LogP contribution in [-0.4, -0.2) is 62.2 Å². The Bertz CT molecular complexity index is 2030. The van der Waals surface area contributed by atoms with Gasteiger partial charge in [-0.3, -0.25) is 14.4 Å². The monoisotopic (exact) mass is 827 g/mol. The van der Waals surface area contributed by atoms with Crippen molar-refractivity contribution in [2.24, 2.45) is 5.92 Å². The summed E-state index contributed by atoms with van der Waals surface area (Å²) in [6.07, 6.45) is 1.05. The summed E-state index contributed by atoms with van der Waals surface area (Å²) in [4.78, 5) is 38.9. The molecule has 5 aromatic rings. The molecule has 10 heteroatoms. The number of esters is 2. The van der Waals surface area contributed by atoms with Gasteiger partial charge in [0.05, 0.1) is 51.0 Å². The number of carbonyl (C=O) groups excluding carboxylic acids is 3. The normalized spacial score (nSPS) is 17.2. The first-order chi connectivity index (χ1) is 29.9. The maximum absolute atomic E-state index is 13.3. The van der Waals surface area contributed by atoms with Crippen molar-refractivity contribution in [3.05, 3.63) is 168 Å². The molecule has 5 atom stereocenters. The molecule has 1 saturated heterocycles. The van der Waals surface area contributed by atoms with Crippen LogP contribution in [0.4, 0.5) is 0 Å². The number of rotatable bonds is 23. The van der Waals surface area contributed by atoms with Gasteiger partial charge in [-0.1, -0.05) is 153 Å². The number of hydrogen-bond acceptors (Lipinski definition) is 9. The molecule has 10 nitrogen and oxygen atoms in total. The van der Waals surface area contributed by atoms with Gasteiger partial charge in [-0.05, 0) is 46.2 Å². The molecular weight excluding hydrogens is 771 g/mol. The molecule has 1 aliphatic rings. The van der Waals surface area contributed by atoms with Crippen molar-refractivity contribution in [2.45, 2.75) is 89.8 Å². The lowest BCUT2D eigenvalue weighted by Gasteiger charge is -2.35. The summed E-state index contributed by atoms with van der Waals surface area (Å²) in [5.41, 5.74) is 6.24. The number of carbonyl (C=O) groups is 3. The topological polar surface area (TPSA) is 119 Å². The highest BCUT2D eigenvalue weighted by Gasteiger charge is 2.31. The highest BCUT2D eigenvalue weighted by molar-refractivity contribution is 5.81. The molecule has 0 saturated carbocycles. The Hall–Kier alpha value is -5.65. The highest BCUT2D eigenvalue weighted by atomic mass is 16.7. The fourth-order valence-corrected chi connectivity index (χ4v) is 7.21. The minimum Gasteiger partial charge on any atom is -0.463 e. The molecular formula is C51H57NO9. The first kappa shape index (κ1) is 44.9. The molecule has 5 aromatic carbocycles. The third-order valence-electron chi connectivity index (χ3n) is 10.4. The van der Waals surface area contributed by atoms with E-state index in [0.29, 0.717) is 45.5 Å². The molecule has 1 N–H and O–H groups in total. The predicted octanol–water partition coefficient (Wildman–Crippen LogP) is 8.80. The average molecular weight is 828 g/mol. The Morgan fingerprint density at radius 1 is 0.623 bits per heavy atom. The SMILES string of the molecule is CC(C[C@@H](Cc1ccc(-c2ccccc2)cc1)NC(=O)CCC(=O)OCc1ccccc1)C(=O)OCCOC1CC(OCc2ccccc2)CC(COCc2ccccc2)O1. The zero-order valence-electron chi connectivity index (χ0n) is 34.9. The molecule has 1 amide bonds. The third kappa shape index (κ3) is 16.0. The summed E-state index contributed by atoms with van der Waals surface area (Å²) in [7, 11) is 0. The summed E-state index contributed by atoms with van der Waals surface area (Å²) in [6, 6.07) is 47.3. The lowest BCUT2D eigenvalue weighted by Crippen LogP contribution is -2.41. The van der Waals surface area contributed by atoms with E-state index in [1.54, 1.807) is 6.92 Å². The van der Waals surface area contributed by atoms with Gasteiger partial charge in [-0.15, -0.1) is 0 Å². The molecule has 4 unspecified atom stereocenters. The van der Waals surface area contributed by atoms with Crippen LogP contribution in [0.3, 0.4) is 0 Å². The fraction of sp³-hybridized carbons (Fsp3) is 0.353. The van der Waals surface area contributed by atoms with Crippen molar-refractivity contribution in [2.75, 3.05) is 19.8 Å². The first-order valence-corrected chi connectivity index (χ1v) is 21.2. The van der Waals surface area contributed by atoms with Crippen molar-refractivity contribution >= 4 is 17.8 Å². The molecule has 320 valence electrons. The van der Waals surface area contributed by atoms with E-state index in [1.165, 1.54) is 0 Å². The Morgan fingerprint density at radius 3 is 1.87 bits per heavy atom. The van der Waals surface area contributed by atoms with Crippen molar-refractivity contribution in [1.82, 2.24) is 5.32 Å². The van der Waals surface area contributed by atoms with Crippen LogP contribution in [0.15, 0.2) is 146 Å². The zero-order valence-corrected chi connectivity index (χ0v) is 34.9. The molecule has 0 spiro atoms. The standard InChI is InChI=1S/C51H57NO9/c1-38(51(55)58-29-28-57-50-33-46(59-35-41-16-8-3-9-17-41)32-47(61-50)37-56-34-40-14-6-2-7-15-40)30-45(31-39-22-24-44(25-23-39)43-20-12-5-13-21-43)52-48(53)26-27-49(54)60-36-42-18-10-4-11-19-42/h2-25,38,45-47,50H,26-37H2,1H3,(H,52,53)/t38?,45-,46?,47?,50?/m0/s1. The molecule has 6 rings (SSSR count). The predicted molar refractivity (Wildman–Crippen MR) is 233 cm³/mol. The Kier molecular flexibility index (Phi) is 18.1. The number of benzene rings is 5. The van der Waals surface area contributed by atoms with E-state index in [1.807, 2.05) is 121 Å². The van der Waals surface area contributed by atoms with E-state index in [2.05, 4.69) is 29.6 Å². The average Bonchev–Trinajstić information content (AvgIpc) is 3.30. The second-order valence-corrected chi connectivity index (χ2v) is 15.4. The van der Waals surface area contributed by atoms with Gasteiger partial charge in [0, 0.05) is 25.3 Å². The molecule has 0 bridgehead atoms. The van der Waals surface area contributed by atoms with Gasteiger partial charge in [0.15, 0.2) is 6.29 Å². The molecule has 61 heavy (non-hydrogen) atoms. The van der Waals surface area contributed by atoms with Crippen molar-refractivity contribution in [3.63, 3.8) is 0 Å². The van der Waals surface area contributed by atoms with Gasteiger partial charge in [-0.2, -0.15) is 0 Å². The van der Waals surface area contributed by atoms with E-state index >= 15 is 0 Å². The Labute approximate surface area is 359 Å². The van der Waals surface area contributed by atoms with E-state index in [9.17, 15) is 14.4 Å². The van der Waals surface area contributed by atoms with Crippen LogP contribution >= 0.6 is 0 Å². The van der Waals surface area contributed by atoms with Gasteiger partial charge in [0.25, 0.3) is 0 Å². The first-order valence-electron chi connectivity index (χ1n) is 21.2. The summed E-state index contributed by atoms with van der Waals surface area (Å²) in [5.74, 6) is -1.67. The lowest BCUT2D eigenvalue weighted by molar-refractivity contribution is -0.235. The molecule has 0 radical (unpaired) electrons. The number of ether oxygens (including phenoxy) is 6. The van der Waals surface area contributed by atoms with Gasteiger partial charge >= 0.3 is 11.9 Å². The molecule has 1 fully saturated rings. The third-order valence-corrected chi connectivity index (χ3v) is 10.4. The smallest absolute Gasteiger partial charge is 0.308 e. The van der Waals surface area contributed by atoms with Gasteiger partial charge < -0.3 is 33.7 Å². The van der Waals surface area contributed by atoms with Crippen molar-refractivity contribution < 1.29 is 42.8 Å². The van der Waals surface area contributed by atoms with Crippen LogP contribution in [-0.2, 0) is 69.0 Å². The van der Waals surface area contributed by atoms with E-state index in [0.717, 1.165) is 33.4 Å². The van der Waals surface area contributed by atoms with Crippen LogP contribution in [0, 0.1) is 5.92 Å². The van der Waals surface area contributed by atoms with Crippen molar-refractivity contribution in [1.29, 1.82) is 0 Å². The molecule has 1 heterocycles. The second-order valence-electron chi connectivity index (χ2n) is 15.4. The fourth-order valence-electron chi connectivity index (χ4n) is 7.21. The summed E-state index contributed by atoms with van der Waals surface area (Å²) >= 11 is 0. The molecule has 0 aromatic heterocycles. The van der Waals surface area contributed by atoms with Gasteiger partial charge in [0.2, 0.25) is 5.91 Å². The summed E-state index contributed by atoms with van der Waals surface area (Å²) in [6.45, 7) is 3.46. The van der Waals surface area contributed by atoms with E-state index in [4.69, 9.17) is 28.4 Å². The van der Waals surface area contributed by atoms with Crippen LogP contribution in [0.1, 0.15) is 61.3 Å². The number of nitrogens with one attached hydrogen (secondary N) is 1. The van der Waals surface area contributed by atoms with E-state index < -0.39 is 30.2 Å². The highest BCUT2D eigenvalue weighted by Crippen LogP contribution is 2.25. The zero-order chi connectivity index (χ0) is 42.5. The van der Waals surface area contributed by atoms with Crippen LogP contribution in [0.25, 0.3) is 11.1 Å². The van der Waals surface area contributed by atoms with Crippen LogP contribution in [0.2, 0.25) is 0 Å². The Balaban J connectivity index is 0.986. The minimum absolute atomic E-state index is 0.0331. The number of amides is 1. The maximum atomic E-state index is 13.3. The summed E-state index contributed by atoms with van der Waals surface area (Å²) in [5, 5.41) is 3.07. The number of hydrogen-bond donors (Lipinski definition) is 1. The van der Waals surface area contributed by atoms with Gasteiger partial charge in [-0.25, -0.2) is 0 Å². The maximum Gasteiger partial charge on any atom is 0.308 e. The van der Waals surface area contributed by atoms with Crippen LogP contribution < -0.4 is 5.32 Å².